The van der Waals surface area contributed by atoms with Gasteiger partial charge in [-0.3, -0.25) is 4.21 Å². The van der Waals surface area contributed by atoms with Crippen LogP contribution in [-0.4, -0.2) is 39.7 Å². The van der Waals surface area contributed by atoms with Crippen molar-refractivity contribution in [2.45, 2.75) is 44.9 Å². The molecule has 7 nitrogen and oxygen atoms in total. The van der Waals surface area contributed by atoms with Crippen molar-refractivity contribution >= 4 is 27.0 Å². The Bertz CT molecular complexity index is 692. The number of nitrogens with one attached hydrogen (secondary N) is 1. The Hall–Kier alpha value is -1.16. The fourth-order valence-corrected chi connectivity index (χ4v) is 4.13. The number of rotatable bonds is 6. The third-order valence-corrected chi connectivity index (χ3v) is 5.87. The highest BCUT2D eigenvalue weighted by Gasteiger charge is 2.30. The minimum absolute atomic E-state index is 0.0896. The first-order valence-electron chi connectivity index (χ1n) is 7.18. The summed E-state index contributed by atoms with van der Waals surface area (Å²) in [6.45, 7) is 9.27. The van der Waals surface area contributed by atoms with Crippen LogP contribution in [-0.2, 0) is 26.7 Å². The van der Waals surface area contributed by atoms with E-state index in [1.54, 1.807) is 34.6 Å². The highest BCUT2D eigenvalue weighted by atomic mass is 32.2. The first-order chi connectivity index (χ1) is 10.4. The first-order valence-corrected chi connectivity index (χ1v) is 9.70. The molecule has 0 spiro atoms. The van der Waals surface area contributed by atoms with E-state index in [0.29, 0.717) is 5.56 Å². The summed E-state index contributed by atoms with van der Waals surface area (Å²) in [5.74, 6) is -0.355. The van der Waals surface area contributed by atoms with E-state index in [9.17, 15) is 22.3 Å². The zero-order chi connectivity index (χ0) is 18.0. The summed E-state index contributed by atoms with van der Waals surface area (Å²) in [5.41, 5.74) is -0.134. The molecule has 0 aromatic heterocycles. The Morgan fingerprint density at radius 3 is 2.17 bits per heavy atom. The van der Waals surface area contributed by atoms with Crippen LogP contribution in [0.15, 0.2) is 17.0 Å². The smallest absolute Gasteiger partial charge is 0.246 e. The number of benzene rings is 1. The fraction of sp³-hybridized carbons (Fsp3) is 0.571. The maximum absolute atomic E-state index is 12.7. The highest BCUT2D eigenvalue weighted by molar-refractivity contribution is 7.89. The molecular formula is C14H23N2O5S2-. The third-order valence-electron chi connectivity index (χ3n) is 3.41. The number of phenolic OH excluding ortho intramolecular Hbond substituents is 1. The SMILES string of the molecule is CCN(CC)S(=O)(=O)c1cc(NS(=O)[O-])cc(C(C)(C)C)c1O. The Labute approximate surface area is 140 Å². The molecule has 1 unspecified atom stereocenters. The minimum atomic E-state index is -3.93. The van der Waals surface area contributed by atoms with E-state index in [0.717, 1.165) is 6.07 Å². The van der Waals surface area contributed by atoms with Crippen molar-refractivity contribution in [1.29, 1.82) is 0 Å². The van der Waals surface area contributed by atoms with Crippen LogP contribution in [0.4, 0.5) is 5.69 Å². The molecule has 0 amide bonds. The monoisotopic (exact) mass is 363 g/mol. The number of hydrogen-bond donors (Lipinski definition) is 2. The topological polar surface area (TPSA) is 110 Å². The number of phenols is 1. The summed E-state index contributed by atoms with van der Waals surface area (Å²) in [4.78, 5) is -0.304. The molecule has 0 aliphatic heterocycles. The lowest BCUT2D eigenvalue weighted by Gasteiger charge is -2.26. The highest BCUT2D eigenvalue weighted by Crippen LogP contribution is 2.39. The second-order valence-corrected chi connectivity index (χ2v) is 8.63. The average molecular weight is 363 g/mol. The molecule has 0 aliphatic carbocycles. The van der Waals surface area contributed by atoms with E-state index >= 15 is 0 Å². The molecule has 0 saturated carbocycles. The number of sulfonamides is 1. The summed E-state index contributed by atoms with van der Waals surface area (Å²) in [7, 11) is -3.93. The molecule has 0 saturated heterocycles. The largest absolute Gasteiger partial charge is 0.755 e. The molecule has 0 bridgehead atoms. The molecule has 0 aliphatic rings. The molecule has 1 aromatic carbocycles. The van der Waals surface area contributed by atoms with Gasteiger partial charge in [0.15, 0.2) is 0 Å². The Balaban J connectivity index is 3.68. The van der Waals surface area contributed by atoms with Crippen molar-refractivity contribution in [1.82, 2.24) is 4.31 Å². The fourth-order valence-electron chi connectivity index (χ4n) is 2.23. The van der Waals surface area contributed by atoms with Crippen LogP contribution >= 0.6 is 0 Å². The molecule has 2 N–H and O–H groups in total. The summed E-state index contributed by atoms with van der Waals surface area (Å²) in [6, 6.07) is 2.57. The van der Waals surface area contributed by atoms with E-state index < -0.39 is 26.7 Å². The minimum Gasteiger partial charge on any atom is -0.755 e. The summed E-state index contributed by atoms with van der Waals surface area (Å²) in [6.07, 6.45) is 0. The molecule has 9 heteroatoms. The van der Waals surface area contributed by atoms with E-state index in [4.69, 9.17) is 0 Å². The van der Waals surface area contributed by atoms with E-state index in [2.05, 4.69) is 4.72 Å². The van der Waals surface area contributed by atoms with Crippen LogP contribution in [0.2, 0.25) is 0 Å². The average Bonchev–Trinajstić information content (AvgIpc) is 2.39. The molecule has 0 heterocycles. The van der Waals surface area contributed by atoms with Gasteiger partial charge in [0, 0.05) is 35.6 Å². The first kappa shape index (κ1) is 19.9. The quantitative estimate of drug-likeness (QED) is 0.593. The van der Waals surface area contributed by atoms with Gasteiger partial charge < -0.3 is 14.4 Å². The van der Waals surface area contributed by atoms with Crippen molar-refractivity contribution in [3.8, 4) is 5.75 Å². The van der Waals surface area contributed by atoms with Gasteiger partial charge in [0.1, 0.15) is 10.6 Å². The molecule has 1 atom stereocenters. The van der Waals surface area contributed by atoms with Crippen LogP contribution in [0.5, 0.6) is 5.75 Å². The molecular weight excluding hydrogens is 340 g/mol. The lowest BCUT2D eigenvalue weighted by molar-refractivity contribution is 0.416. The van der Waals surface area contributed by atoms with Crippen molar-refractivity contribution in [2.75, 3.05) is 17.8 Å². The van der Waals surface area contributed by atoms with Gasteiger partial charge in [-0.1, -0.05) is 34.6 Å². The van der Waals surface area contributed by atoms with Gasteiger partial charge in [-0.25, -0.2) is 8.42 Å². The number of anilines is 1. The van der Waals surface area contributed by atoms with Crippen LogP contribution in [0.25, 0.3) is 0 Å². The van der Waals surface area contributed by atoms with Crippen LogP contribution in [0.1, 0.15) is 40.2 Å². The second kappa shape index (κ2) is 7.16. The summed E-state index contributed by atoms with van der Waals surface area (Å²) < 4.78 is 50.6. The molecule has 1 rings (SSSR count). The Kier molecular flexibility index (Phi) is 6.19. The van der Waals surface area contributed by atoms with Gasteiger partial charge in [0.25, 0.3) is 0 Å². The third kappa shape index (κ3) is 4.43. The lowest BCUT2D eigenvalue weighted by atomic mass is 9.86. The molecule has 132 valence electrons. The van der Waals surface area contributed by atoms with Crippen LogP contribution in [0.3, 0.4) is 0 Å². The Morgan fingerprint density at radius 2 is 1.78 bits per heavy atom. The van der Waals surface area contributed by atoms with E-state index in [-0.39, 0.29) is 29.4 Å². The van der Waals surface area contributed by atoms with Gasteiger partial charge in [0.05, 0.1) is 0 Å². The molecule has 23 heavy (non-hydrogen) atoms. The molecule has 1 aromatic rings. The van der Waals surface area contributed by atoms with Gasteiger partial charge in [-0.2, -0.15) is 4.31 Å². The second-order valence-electron chi connectivity index (χ2n) is 6.05. The van der Waals surface area contributed by atoms with Gasteiger partial charge in [-0.05, 0) is 17.5 Å². The van der Waals surface area contributed by atoms with Crippen LogP contribution in [0, 0.1) is 0 Å². The summed E-state index contributed by atoms with van der Waals surface area (Å²) in [5, 5.41) is 10.5. The lowest BCUT2D eigenvalue weighted by Crippen LogP contribution is -2.31. The van der Waals surface area contributed by atoms with Crippen molar-refractivity contribution in [3.05, 3.63) is 17.7 Å². The zero-order valence-corrected chi connectivity index (χ0v) is 15.5. The van der Waals surface area contributed by atoms with Crippen LogP contribution < -0.4 is 4.72 Å². The number of nitrogens with zero attached hydrogens (tertiary/aromatic N) is 1. The summed E-state index contributed by atoms with van der Waals surface area (Å²) >= 11 is -2.60. The number of hydrogen-bond acceptors (Lipinski definition) is 5. The van der Waals surface area contributed by atoms with Gasteiger partial charge in [-0.15, -0.1) is 0 Å². The van der Waals surface area contributed by atoms with Crippen molar-refractivity contribution in [2.24, 2.45) is 0 Å². The molecule has 0 radical (unpaired) electrons. The van der Waals surface area contributed by atoms with Crippen molar-refractivity contribution in [3.63, 3.8) is 0 Å². The van der Waals surface area contributed by atoms with Crippen molar-refractivity contribution < 1.29 is 22.3 Å². The zero-order valence-electron chi connectivity index (χ0n) is 13.9. The van der Waals surface area contributed by atoms with Gasteiger partial charge >= 0.3 is 0 Å². The predicted molar refractivity (Wildman–Crippen MR) is 89.5 cm³/mol. The normalized spacial score (nSPS) is 14.0. The van der Waals surface area contributed by atoms with E-state index in [1.807, 2.05) is 0 Å². The standard InChI is InChI=1S/C14H24N2O5S2/c1-6-16(7-2)23(20,21)12-9-10(15-22(18)19)8-11(13(12)17)14(3,4)5/h8-9,15,17H,6-7H2,1-5H3,(H,18,19)/p-1. The maximum atomic E-state index is 12.7. The predicted octanol–water partition coefficient (Wildman–Crippen LogP) is 1.93. The molecule has 0 fully saturated rings. The van der Waals surface area contributed by atoms with E-state index in [1.165, 1.54) is 10.4 Å². The van der Waals surface area contributed by atoms with Gasteiger partial charge in [0.2, 0.25) is 10.0 Å². The number of aromatic hydroxyl groups is 1. The maximum Gasteiger partial charge on any atom is 0.246 e. The Morgan fingerprint density at radius 1 is 1.26 bits per heavy atom.